The zero-order chi connectivity index (χ0) is 13.8. The molecule has 0 bridgehead atoms. The molecule has 0 heterocycles. The fraction of sp³-hybridized carbons (Fsp3) is 0.533. The predicted octanol–water partition coefficient (Wildman–Crippen LogP) is 2.73. The van der Waals surface area contributed by atoms with E-state index in [9.17, 15) is 4.79 Å². The maximum atomic E-state index is 11.7. The van der Waals surface area contributed by atoms with Crippen LogP contribution in [0.2, 0.25) is 0 Å². The van der Waals surface area contributed by atoms with Gasteiger partial charge in [0.15, 0.2) is 0 Å². The number of fused-ring (bicyclic) bond motifs is 1. The lowest BCUT2D eigenvalue weighted by atomic mass is 10.1. The summed E-state index contributed by atoms with van der Waals surface area (Å²) in [7, 11) is 1.73. The second kappa shape index (κ2) is 6.06. The highest BCUT2D eigenvalue weighted by molar-refractivity contribution is 5.70. The summed E-state index contributed by atoms with van der Waals surface area (Å²) in [5, 5.41) is 3.46. The van der Waals surface area contributed by atoms with Gasteiger partial charge in [-0.25, -0.2) is 4.79 Å². The number of amides is 1. The molecule has 0 aliphatic heterocycles. The van der Waals surface area contributed by atoms with E-state index in [1.165, 1.54) is 11.1 Å². The molecule has 0 saturated carbocycles. The maximum Gasteiger partial charge on any atom is 0.414 e. The molecule has 0 fully saturated rings. The van der Waals surface area contributed by atoms with Crippen LogP contribution < -0.4 is 10.1 Å². The van der Waals surface area contributed by atoms with Crippen molar-refractivity contribution in [2.75, 3.05) is 20.1 Å². The molecule has 4 heteroatoms. The van der Waals surface area contributed by atoms with Gasteiger partial charge in [-0.1, -0.05) is 13.0 Å². The number of ether oxygens (including phenoxy) is 1. The van der Waals surface area contributed by atoms with Crippen LogP contribution in [0, 0.1) is 0 Å². The van der Waals surface area contributed by atoms with E-state index < -0.39 is 0 Å². The number of aryl methyl sites for hydroxylation is 1. The van der Waals surface area contributed by atoms with Gasteiger partial charge in [0, 0.05) is 19.6 Å². The lowest BCUT2D eigenvalue weighted by Gasteiger charge is -2.16. The number of nitrogens with zero attached hydrogens (tertiary/aromatic N) is 1. The minimum absolute atomic E-state index is 0.305. The Morgan fingerprint density at radius 1 is 1.47 bits per heavy atom. The third-order valence-corrected chi connectivity index (χ3v) is 3.64. The first kappa shape index (κ1) is 13.9. The van der Waals surface area contributed by atoms with E-state index in [2.05, 4.69) is 18.3 Å². The van der Waals surface area contributed by atoms with Gasteiger partial charge < -0.3 is 15.0 Å². The molecule has 1 atom stereocenters. The topological polar surface area (TPSA) is 41.6 Å². The van der Waals surface area contributed by atoms with E-state index in [4.69, 9.17) is 4.74 Å². The van der Waals surface area contributed by atoms with Crippen molar-refractivity contribution in [1.29, 1.82) is 0 Å². The van der Waals surface area contributed by atoms with Crippen LogP contribution in [0.5, 0.6) is 5.75 Å². The van der Waals surface area contributed by atoms with Crippen molar-refractivity contribution < 1.29 is 9.53 Å². The van der Waals surface area contributed by atoms with Gasteiger partial charge in [-0.2, -0.15) is 0 Å². The Hall–Kier alpha value is -1.55. The molecule has 0 aromatic heterocycles. The fourth-order valence-corrected chi connectivity index (χ4v) is 2.41. The predicted molar refractivity (Wildman–Crippen MR) is 75.5 cm³/mol. The molecule has 2 rings (SSSR count). The Kier molecular flexibility index (Phi) is 4.43. The molecular weight excluding hydrogens is 240 g/mol. The SMILES string of the molecule is CCNC1CCc2ccc(OC(=O)N(C)CC)cc21. The summed E-state index contributed by atoms with van der Waals surface area (Å²) in [6.45, 7) is 5.62. The molecule has 1 amide bonds. The van der Waals surface area contributed by atoms with Crippen molar-refractivity contribution >= 4 is 6.09 Å². The van der Waals surface area contributed by atoms with Gasteiger partial charge in [-0.3, -0.25) is 0 Å². The monoisotopic (exact) mass is 262 g/mol. The Morgan fingerprint density at radius 3 is 2.95 bits per heavy atom. The van der Waals surface area contributed by atoms with E-state index in [1.807, 2.05) is 19.1 Å². The number of hydrogen-bond donors (Lipinski definition) is 1. The van der Waals surface area contributed by atoms with E-state index in [0.717, 1.165) is 19.4 Å². The van der Waals surface area contributed by atoms with Crippen molar-refractivity contribution in [3.05, 3.63) is 29.3 Å². The van der Waals surface area contributed by atoms with Crippen LogP contribution in [0.1, 0.15) is 37.4 Å². The van der Waals surface area contributed by atoms with Crippen LogP contribution in [0.4, 0.5) is 4.79 Å². The number of hydrogen-bond acceptors (Lipinski definition) is 3. The quantitative estimate of drug-likeness (QED) is 0.907. The fourth-order valence-electron chi connectivity index (χ4n) is 2.41. The summed E-state index contributed by atoms with van der Waals surface area (Å²) in [6, 6.07) is 6.34. The molecule has 104 valence electrons. The van der Waals surface area contributed by atoms with Crippen molar-refractivity contribution in [3.63, 3.8) is 0 Å². The summed E-state index contributed by atoms with van der Waals surface area (Å²) in [5.74, 6) is 0.633. The first-order valence-corrected chi connectivity index (χ1v) is 6.94. The normalized spacial score (nSPS) is 17.1. The molecule has 0 spiro atoms. The highest BCUT2D eigenvalue weighted by atomic mass is 16.6. The largest absolute Gasteiger partial charge is 0.414 e. The van der Waals surface area contributed by atoms with Gasteiger partial charge in [0.25, 0.3) is 0 Å². The van der Waals surface area contributed by atoms with Gasteiger partial charge in [-0.15, -0.1) is 0 Å². The molecule has 4 nitrogen and oxygen atoms in total. The summed E-state index contributed by atoms with van der Waals surface area (Å²) in [6.07, 6.45) is 1.91. The Labute approximate surface area is 114 Å². The summed E-state index contributed by atoms with van der Waals surface area (Å²) in [4.78, 5) is 13.3. The molecule has 0 saturated heterocycles. The molecule has 1 aliphatic carbocycles. The average Bonchev–Trinajstić information content (AvgIpc) is 2.81. The van der Waals surface area contributed by atoms with Crippen molar-refractivity contribution in [2.24, 2.45) is 0 Å². The summed E-state index contributed by atoms with van der Waals surface area (Å²) in [5.41, 5.74) is 2.63. The van der Waals surface area contributed by atoms with Crippen LogP contribution in [0.25, 0.3) is 0 Å². The van der Waals surface area contributed by atoms with Gasteiger partial charge in [0.05, 0.1) is 0 Å². The average molecular weight is 262 g/mol. The first-order chi connectivity index (χ1) is 9.15. The molecule has 1 aromatic rings. The van der Waals surface area contributed by atoms with Crippen LogP contribution >= 0.6 is 0 Å². The molecule has 1 aromatic carbocycles. The zero-order valence-corrected chi connectivity index (χ0v) is 11.9. The Bertz CT molecular complexity index is 457. The summed E-state index contributed by atoms with van der Waals surface area (Å²) < 4.78 is 5.38. The van der Waals surface area contributed by atoms with Gasteiger partial charge in [0.1, 0.15) is 5.75 Å². The van der Waals surface area contributed by atoms with Crippen LogP contribution in [-0.4, -0.2) is 31.1 Å². The number of nitrogens with one attached hydrogen (secondary N) is 1. The van der Waals surface area contributed by atoms with E-state index >= 15 is 0 Å². The zero-order valence-electron chi connectivity index (χ0n) is 11.9. The summed E-state index contributed by atoms with van der Waals surface area (Å²) >= 11 is 0. The molecule has 0 radical (unpaired) electrons. The van der Waals surface area contributed by atoms with Gasteiger partial charge in [-0.05, 0) is 49.6 Å². The number of rotatable bonds is 4. The van der Waals surface area contributed by atoms with Crippen LogP contribution in [-0.2, 0) is 6.42 Å². The molecule has 1 N–H and O–H groups in total. The molecule has 19 heavy (non-hydrogen) atoms. The molecule has 1 unspecified atom stereocenters. The second-order valence-electron chi connectivity index (χ2n) is 4.89. The molecular formula is C15H22N2O2. The van der Waals surface area contributed by atoms with Crippen molar-refractivity contribution in [2.45, 2.75) is 32.7 Å². The third-order valence-electron chi connectivity index (χ3n) is 3.64. The van der Waals surface area contributed by atoms with Crippen molar-refractivity contribution in [3.8, 4) is 5.75 Å². The number of carbonyl (C=O) groups is 1. The number of carbonyl (C=O) groups excluding carboxylic acids is 1. The highest BCUT2D eigenvalue weighted by Crippen LogP contribution is 2.33. The van der Waals surface area contributed by atoms with Gasteiger partial charge in [0.2, 0.25) is 0 Å². The number of benzene rings is 1. The lowest BCUT2D eigenvalue weighted by Crippen LogP contribution is -2.29. The smallest absolute Gasteiger partial charge is 0.410 e. The third kappa shape index (κ3) is 3.07. The Balaban J connectivity index is 2.12. The van der Waals surface area contributed by atoms with E-state index in [0.29, 0.717) is 18.3 Å². The standard InChI is InChI=1S/C15H22N2O2/c1-4-16-14-9-7-11-6-8-12(10-13(11)14)19-15(18)17(3)5-2/h6,8,10,14,16H,4-5,7,9H2,1-3H3. The van der Waals surface area contributed by atoms with Crippen molar-refractivity contribution in [1.82, 2.24) is 10.2 Å². The lowest BCUT2D eigenvalue weighted by molar-refractivity contribution is 0.165. The van der Waals surface area contributed by atoms with Crippen LogP contribution in [0.3, 0.4) is 0 Å². The molecule has 1 aliphatic rings. The maximum absolute atomic E-state index is 11.7. The minimum Gasteiger partial charge on any atom is -0.410 e. The second-order valence-corrected chi connectivity index (χ2v) is 4.89. The minimum atomic E-state index is -0.305. The Morgan fingerprint density at radius 2 is 2.26 bits per heavy atom. The van der Waals surface area contributed by atoms with Crippen LogP contribution in [0.15, 0.2) is 18.2 Å². The van der Waals surface area contributed by atoms with Gasteiger partial charge >= 0.3 is 6.09 Å². The first-order valence-electron chi connectivity index (χ1n) is 6.94. The van der Waals surface area contributed by atoms with E-state index in [-0.39, 0.29) is 6.09 Å². The highest BCUT2D eigenvalue weighted by Gasteiger charge is 2.22. The van der Waals surface area contributed by atoms with E-state index in [1.54, 1.807) is 11.9 Å².